The molecule has 0 amide bonds. The average molecular weight is 463 g/mol. The lowest BCUT2D eigenvalue weighted by Crippen LogP contribution is -2.43. The maximum absolute atomic E-state index is 10.9. The Balaban J connectivity index is 2.08. The van der Waals surface area contributed by atoms with Gasteiger partial charge >= 0.3 is 0 Å². The molecule has 182 valence electrons. The highest BCUT2D eigenvalue weighted by Crippen LogP contribution is 2.41. The second-order valence-electron chi connectivity index (χ2n) is 10.7. The van der Waals surface area contributed by atoms with E-state index in [2.05, 4.69) is 52.9 Å². The van der Waals surface area contributed by atoms with Crippen molar-refractivity contribution in [3.63, 3.8) is 0 Å². The minimum absolute atomic E-state index is 0.00547. The molecule has 0 heterocycles. The zero-order chi connectivity index (χ0) is 23.8. The zero-order valence-corrected chi connectivity index (χ0v) is 22.4. The van der Waals surface area contributed by atoms with E-state index in [9.17, 15) is 5.11 Å². The maximum Gasteiger partial charge on any atom is 0.191 e. The largest absolute Gasteiger partial charge is 0.497 e. The molecule has 1 aliphatic rings. The second-order valence-corrected chi connectivity index (χ2v) is 15.6. The lowest BCUT2D eigenvalue weighted by atomic mass is 9.91. The lowest BCUT2D eigenvalue weighted by Gasteiger charge is -2.38. The predicted molar refractivity (Wildman–Crippen MR) is 136 cm³/mol. The van der Waals surface area contributed by atoms with E-state index in [0.29, 0.717) is 19.6 Å². The molecule has 0 saturated heterocycles. The summed E-state index contributed by atoms with van der Waals surface area (Å²) in [7, 11) is -0.193. The van der Waals surface area contributed by atoms with E-state index in [4.69, 9.17) is 13.9 Å². The fourth-order valence-corrected chi connectivity index (χ4v) is 5.08. The Bertz CT molecular complexity index is 693. The van der Waals surface area contributed by atoms with Gasteiger partial charge in [0.25, 0.3) is 0 Å². The van der Waals surface area contributed by atoms with Crippen molar-refractivity contribution in [2.45, 2.75) is 96.7 Å². The van der Waals surface area contributed by atoms with Crippen LogP contribution in [0.4, 0.5) is 0 Å². The van der Waals surface area contributed by atoms with Crippen LogP contribution in [-0.2, 0) is 15.8 Å². The molecule has 1 aliphatic carbocycles. The topological polar surface area (TPSA) is 47.9 Å². The molecule has 32 heavy (non-hydrogen) atoms. The van der Waals surface area contributed by atoms with E-state index in [1.165, 1.54) is 12.8 Å². The number of aliphatic hydroxyl groups is 1. The third kappa shape index (κ3) is 7.72. The van der Waals surface area contributed by atoms with Crippen LogP contribution in [0, 0.1) is 11.8 Å². The van der Waals surface area contributed by atoms with Crippen molar-refractivity contribution in [3.8, 4) is 5.75 Å². The summed E-state index contributed by atoms with van der Waals surface area (Å²) in [5.41, 5.74) is 1.12. The van der Waals surface area contributed by atoms with Crippen LogP contribution in [0.1, 0.15) is 65.4 Å². The number of hydrogen-bond donors (Lipinski definition) is 1. The molecule has 0 radical (unpaired) electrons. The molecule has 0 bridgehead atoms. The molecule has 0 spiro atoms. The molecule has 1 aromatic carbocycles. The van der Waals surface area contributed by atoms with Gasteiger partial charge in [0.1, 0.15) is 5.75 Å². The summed E-state index contributed by atoms with van der Waals surface area (Å²) >= 11 is 0. The molecule has 2 rings (SSSR count). The second kappa shape index (κ2) is 12.4. The van der Waals surface area contributed by atoms with Gasteiger partial charge in [0, 0.05) is 18.9 Å². The van der Waals surface area contributed by atoms with Crippen LogP contribution in [0.5, 0.6) is 5.75 Å². The average Bonchev–Trinajstić information content (AvgIpc) is 3.04. The number of hydrogen-bond acceptors (Lipinski definition) is 4. The fourth-order valence-electron chi connectivity index (χ4n) is 4.04. The Morgan fingerprint density at radius 2 is 1.78 bits per heavy atom. The Labute approximate surface area is 197 Å². The van der Waals surface area contributed by atoms with E-state index in [1.807, 2.05) is 24.3 Å². The number of aliphatic hydroxyl groups excluding tert-OH is 1. The highest BCUT2D eigenvalue weighted by Gasteiger charge is 2.45. The summed E-state index contributed by atoms with van der Waals surface area (Å²) in [5, 5.41) is 11.1. The Morgan fingerprint density at radius 3 is 2.38 bits per heavy atom. The van der Waals surface area contributed by atoms with Gasteiger partial charge in [-0.1, -0.05) is 64.8 Å². The van der Waals surface area contributed by atoms with Gasteiger partial charge in [-0.25, -0.2) is 0 Å². The van der Waals surface area contributed by atoms with Gasteiger partial charge in [-0.3, -0.25) is 0 Å². The van der Waals surface area contributed by atoms with E-state index in [1.54, 1.807) is 7.11 Å². The van der Waals surface area contributed by atoms with E-state index < -0.39 is 8.32 Å². The van der Waals surface area contributed by atoms with Crippen LogP contribution in [0.3, 0.4) is 0 Å². The van der Waals surface area contributed by atoms with Gasteiger partial charge in [-0.05, 0) is 54.6 Å². The Morgan fingerprint density at radius 1 is 1.09 bits per heavy atom. The van der Waals surface area contributed by atoms with Crippen LogP contribution >= 0.6 is 0 Å². The number of methoxy groups -OCH3 is 1. The summed E-state index contributed by atoms with van der Waals surface area (Å²) in [5.74, 6) is 1.23. The first-order valence-corrected chi connectivity index (χ1v) is 15.2. The summed E-state index contributed by atoms with van der Waals surface area (Å²) in [6.45, 7) is 14.8. The molecule has 4 nitrogen and oxygen atoms in total. The van der Waals surface area contributed by atoms with Gasteiger partial charge in [0.2, 0.25) is 0 Å². The Kier molecular flexibility index (Phi) is 10.5. The highest BCUT2D eigenvalue weighted by atomic mass is 28.4. The first-order chi connectivity index (χ1) is 15.1. The van der Waals surface area contributed by atoms with Crippen LogP contribution in [0.25, 0.3) is 0 Å². The van der Waals surface area contributed by atoms with Crippen LogP contribution in [-0.4, -0.2) is 39.3 Å². The summed E-state index contributed by atoms with van der Waals surface area (Å²) in [4.78, 5) is 0. The smallest absolute Gasteiger partial charge is 0.191 e. The van der Waals surface area contributed by atoms with Gasteiger partial charge in [0.05, 0.1) is 25.9 Å². The van der Waals surface area contributed by atoms with Gasteiger partial charge in [-0.2, -0.15) is 0 Å². The minimum Gasteiger partial charge on any atom is -0.497 e. The number of rotatable bonds is 12. The zero-order valence-electron chi connectivity index (χ0n) is 21.4. The number of ether oxygens (including phenoxy) is 2. The van der Waals surface area contributed by atoms with Crippen molar-refractivity contribution in [2.75, 3.05) is 13.7 Å². The lowest BCUT2D eigenvalue weighted by molar-refractivity contribution is -0.00719. The molecular formula is C27H46O4Si. The first kappa shape index (κ1) is 27.1. The molecule has 1 saturated carbocycles. The molecule has 0 unspecified atom stereocenters. The molecule has 0 aliphatic heterocycles. The standard InChI is InChI=1S/C27H46O4Si/c1-8-9-10-11-12-13-23-24(20-31-32(6,7)27(2,3)4)26(18-25(23)28)30-19-21-14-16-22(29-5)17-15-21/h11-12,14-17,23-26,28H,8-10,13,18-20H2,1-7H3/b12-11-/t23-,24-,25+,26-/m1/s1. The van der Waals surface area contributed by atoms with Crippen molar-refractivity contribution >= 4 is 8.32 Å². The molecule has 4 atom stereocenters. The van der Waals surface area contributed by atoms with Crippen molar-refractivity contribution < 1.29 is 19.0 Å². The minimum atomic E-state index is -1.87. The number of benzene rings is 1. The van der Waals surface area contributed by atoms with Crippen LogP contribution < -0.4 is 4.74 Å². The molecule has 1 N–H and O–H groups in total. The number of unbranched alkanes of at least 4 members (excludes halogenated alkanes) is 2. The van der Waals surface area contributed by atoms with E-state index in [-0.39, 0.29) is 29.1 Å². The molecule has 1 aromatic rings. The third-order valence-corrected chi connectivity index (χ3v) is 11.9. The summed E-state index contributed by atoms with van der Waals surface area (Å²) < 4.78 is 18.3. The molecule has 1 fully saturated rings. The first-order valence-electron chi connectivity index (χ1n) is 12.3. The van der Waals surface area contributed by atoms with Gasteiger partial charge < -0.3 is 19.0 Å². The fraction of sp³-hybridized carbons (Fsp3) is 0.704. The maximum atomic E-state index is 10.9. The van der Waals surface area contributed by atoms with Gasteiger partial charge in [0.15, 0.2) is 8.32 Å². The van der Waals surface area contributed by atoms with Crippen molar-refractivity contribution in [1.82, 2.24) is 0 Å². The van der Waals surface area contributed by atoms with Gasteiger partial charge in [-0.15, -0.1) is 0 Å². The normalized spacial score (nSPS) is 24.4. The van der Waals surface area contributed by atoms with E-state index in [0.717, 1.165) is 24.2 Å². The van der Waals surface area contributed by atoms with Crippen LogP contribution in [0.2, 0.25) is 18.1 Å². The SMILES string of the molecule is CCCC/C=C\C[C@@H]1[C@@H](CO[Si](C)(C)C(C)(C)C)[C@H](OCc2ccc(OC)cc2)C[C@@H]1O. The van der Waals surface area contributed by atoms with E-state index >= 15 is 0 Å². The summed E-state index contributed by atoms with van der Waals surface area (Å²) in [6, 6.07) is 8.01. The quantitative estimate of drug-likeness (QED) is 0.212. The third-order valence-electron chi connectivity index (χ3n) is 7.36. The monoisotopic (exact) mass is 462 g/mol. The summed E-state index contributed by atoms with van der Waals surface area (Å²) in [6.07, 6.45) is 9.29. The Hall–Kier alpha value is -1.14. The van der Waals surface area contributed by atoms with Crippen molar-refractivity contribution in [2.24, 2.45) is 11.8 Å². The predicted octanol–water partition coefficient (Wildman–Crippen LogP) is 6.74. The highest BCUT2D eigenvalue weighted by molar-refractivity contribution is 6.74. The molecular weight excluding hydrogens is 416 g/mol. The molecule has 0 aromatic heterocycles. The number of allylic oxidation sites excluding steroid dienone is 2. The molecule has 5 heteroatoms. The van der Waals surface area contributed by atoms with Crippen molar-refractivity contribution in [3.05, 3.63) is 42.0 Å². The van der Waals surface area contributed by atoms with Crippen LogP contribution in [0.15, 0.2) is 36.4 Å². The van der Waals surface area contributed by atoms with Crippen molar-refractivity contribution in [1.29, 1.82) is 0 Å².